The largest absolute Gasteiger partial charge is 0.314 e. The molecule has 0 saturated carbocycles. The van der Waals surface area contributed by atoms with E-state index >= 15 is 0 Å². The number of rotatable bonds is 3. The number of fused-ring (bicyclic) bond motifs is 1. The van der Waals surface area contributed by atoms with Gasteiger partial charge in [-0.25, -0.2) is 0 Å². The van der Waals surface area contributed by atoms with Gasteiger partial charge >= 0.3 is 0 Å². The highest BCUT2D eigenvalue weighted by molar-refractivity contribution is 5.08. The third-order valence-electron chi connectivity index (χ3n) is 4.18. The third kappa shape index (κ3) is 2.67. The summed E-state index contributed by atoms with van der Waals surface area (Å²) in [6, 6.07) is 5.02. The zero-order chi connectivity index (χ0) is 11.5. The Morgan fingerprint density at radius 2 is 2.41 bits per heavy atom. The van der Waals surface area contributed by atoms with Crippen LogP contribution in [-0.4, -0.2) is 42.1 Å². The van der Waals surface area contributed by atoms with Crippen molar-refractivity contribution in [3.8, 4) is 0 Å². The van der Waals surface area contributed by atoms with Gasteiger partial charge in [0.25, 0.3) is 0 Å². The Kier molecular flexibility index (Phi) is 3.39. The van der Waals surface area contributed by atoms with E-state index in [1.807, 2.05) is 18.5 Å². The van der Waals surface area contributed by atoms with Crippen molar-refractivity contribution in [1.29, 1.82) is 0 Å². The molecule has 0 bridgehead atoms. The first-order chi connectivity index (χ1) is 8.42. The van der Waals surface area contributed by atoms with Crippen LogP contribution >= 0.6 is 0 Å². The van der Waals surface area contributed by atoms with Crippen molar-refractivity contribution in [3.63, 3.8) is 0 Å². The first-order valence-electron chi connectivity index (χ1n) is 6.76. The number of piperidine rings is 1. The van der Waals surface area contributed by atoms with Gasteiger partial charge in [0.2, 0.25) is 0 Å². The van der Waals surface area contributed by atoms with E-state index in [-0.39, 0.29) is 0 Å². The zero-order valence-corrected chi connectivity index (χ0v) is 10.3. The molecule has 2 aliphatic rings. The van der Waals surface area contributed by atoms with Crippen LogP contribution in [0.2, 0.25) is 0 Å². The average molecular weight is 231 g/mol. The normalized spacial score (nSPS) is 29.2. The molecule has 3 heterocycles. The molecule has 0 radical (unpaired) electrons. The maximum atomic E-state index is 4.17. The number of hydrogen-bond acceptors (Lipinski definition) is 3. The molecule has 2 unspecified atom stereocenters. The lowest BCUT2D eigenvalue weighted by molar-refractivity contribution is 0.164. The summed E-state index contributed by atoms with van der Waals surface area (Å²) in [6.45, 7) is 4.97. The van der Waals surface area contributed by atoms with E-state index < -0.39 is 0 Å². The van der Waals surface area contributed by atoms with Crippen molar-refractivity contribution >= 4 is 0 Å². The van der Waals surface area contributed by atoms with E-state index in [4.69, 9.17) is 0 Å². The fraction of sp³-hybridized carbons (Fsp3) is 0.643. The Labute approximate surface area is 103 Å². The molecule has 0 aromatic carbocycles. The van der Waals surface area contributed by atoms with Crippen molar-refractivity contribution in [2.45, 2.75) is 25.3 Å². The topological polar surface area (TPSA) is 28.2 Å². The summed E-state index contributed by atoms with van der Waals surface area (Å²) in [6.07, 6.45) is 7.67. The summed E-state index contributed by atoms with van der Waals surface area (Å²) in [5, 5.41) is 3.62. The maximum absolute atomic E-state index is 4.17. The highest BCUT2D eigenvalue weighted by atomic mass is 15.2. The first kappa shape index (κ1) is 11.2. The summed E-state index contributed by atoms with van der Waals surface area (Å²) in [5.74, 6) is 0.901. The molecule has 0 aliphatic carbocycles. The van der Waals surface area contributed by atoms with Crippen LogP contribution in [0.25, 0.3) is 0 Å². The lowest BCUT2D eigenvalue weighted by Crippen LogP contribution is -2.44. The van der Waals surface area contributed by atoms with E-state index in [0.717, 1.165) is 18.4 Å². The molecule has 1 N–H and O–H groups in total. The highest BCUT2D eigenvalue weighted by Crippen LogP contribution is 2.24. The number of nitrogens with one attached hydrogen (secondary N) is 1. The molecule has 0 spiro atoms. The Morgan fingerprint density at radius 3 is 3.29 bits per heavy atom. The van der Waals surface area contributed by atoms with E-state index in [1.165, 1.54) is 44.6 Å². The molecule has 1 aromatic heterocycles. The van der Waals surface area contributed by atoms with E-state index in [9.17, 15) is 0 Å². The molecule has 2 atom stereocenters. The van der Waals surface area contributed by atoms with Gasteiger partial charge in [0.05, 0.1) is 0 Å². The Hall–Kier alpha value is -0.930. The zero-order valence-electron chi connectivity index (χ0n) is 10.3. The Morgan fingerprint density at radius 1 is 1.41 bits per heavy atom. The van der Waals surface area contributed by atoms with Crippen LogP contribution in [-0.2, 0) is 6.42 Å². The van der Waals surface area contributed by atoms with Gasteiger partial charge in [0.1, 0.15) is 0 Å². The molecule has 3 heteroatoms. The first-order valence-corrected chi connectivity index (χ1v) is 6.76. The molecule has 3 rings (SSSR count). The van der Waals surface area contributed by atoms with Gasteiger partial charge in [0, 0.05) is 31.5 Å². The van der Waals surface area contributed by atoms with Gasteiger partial charge in [-0.2, -0.15) is 0 Å². The van der Waals surface area contributed by atoms with Gasteiger partial charge in [-0.3, -0.25) is 4.98 Å². The quantitative estimate of drug-likeness (QED) is 0.850. The summed E-state index contributed by atoms with van der Waals surface area (Å²) < 4.78 is 0. The van der Waals surface area contributed by atoms with Gasteiger partial charge < -0.3 is 10.2 Å². The number of aromatic nitrogens is 1. The predicted octanol–water partition coefficient (Wildman–Crippen LogP) is 1.31. The van der Waals surface area contributed by atoms with Crippen LogP contribution in [0, 0.1) is 5.92 Å². The second-order valence-corrected chi connectivity index (χ2v) is 5.31. The number of likely N-dealkylation sites (tertiary alicyclic amines) is 1. The minimum Gasteiger partial charge on any atom is -0.314 e. The SMILES string of the molecule is c1cncc(CCN2CCC3NCCC3C2)c1. The second-order valence-electron chi connectivity index (χ2n) is 5.31. The van der Waals surface area contributed by atoms with Crippen LogP contribution < -0.4 is 5.32 Å². The fourth-order valence-electron chi connectivity index (χ4n) is 3.16. The van der Waals surface area contributed by atoms with Crippen molar-refractivity contribution < 1.29 is 0 Å². The predicted molar refractivity (Wildman–Crippen MR) is 68.9 cm³/mol. The lowest BCUT2D eigenvalue weighted by Gasteiger charge is -2.34. The molecule has 2 fully saturated rings. The number of pyridine rings is 1. The average Bonchev–Trinajstić information content (AvgIpc) is 2.85. The molecule has 92 valence electrons. The van der Waals surface area contributed by atoms with Gasteiger partial charge in [-0.1, -0.05) is 6.07 Å². The molecular formula is C14H21N3. The van der Waals surface area contributed by atoms with Gasteiger partial charge in [-0.05, 0) is 49.9 Å². The minimum absolute atomic E-state index is 0.810. The number of hydrogen-bond donors (Lipinski definition) is 1. The molecule has 1 aromatic rings. The second kappa shape index (κ2) is 5.15. The van der Waals surface area contributed by atoms with E-state index in [0.29, 0.717) is 0 Å². The van der Waals surface area contributed by atoms with Crippen molar-refractivity contribution in [2.24, 2.45) is 5.92 Å². The lowest BCUT2D eigenvalue weighted by atomic mass is 9.93. The molecule has 2 saturated heterocycles. The Balaban J connectivity index is 1.50. The molecular weight excluding hydrogens is 210 g/mol. The monoisotopic (exact) mass is 231 g/mol. The smallest absolute Gasteiger partial charge is 0.0300 e. The van der Waals surface area contributed by atoms with Crippen molar-refractivity contribution in [3.05, 3.63) is 30.1 Å². The van der Waals surface area contributed by atoms with Crippen LogP contribution in [0.5, 0.6) is 0 Å². The van der Waals surface area contributed by atoms with Crippen molar-refractivity contribution in [1.82, 2.24) is 15.2 Å². The summed E-state index contributed by atoms with van der Waals surface area (Å²) in [7, 11) is 0. The molecule has 17 heavy (non-hydrogen) atoms. The van der Waals surface area contributed by atoms with E-state index in [1.54, 1.807) is 0 Å². The standard InChI is InChI=1S/C14H21N3/c1-2-12(10-15-6-1)4-8-17-9-5-14-13(11-17)3-7-16-14/h1-2,6,10,13-14,16H,3-5,7-9,11H2. The fourth-order valence-corrected chi connectivity index (χ4v) is 3.16. The third-order valence-corrected chi connectivity index (χ3v) is 4.18. The van der Waals surface area contributed by atoms with E-state index in [2.05, 4.69) is 21.3 Å². The van der Waals surface area contributed by atoms with Crippen LogP contribution in [0.4, 0.5) is 0 Å². The Bertz CT molecular complexity index is 352. The maximum Gasteiger partial charge on any atom is 0.0300 e. The summed E-state index contributed by atoms with van der Waals surface area (Å²) >= 11 is 0. The summed E-state index contributed by atoms with van der Waals surface area (Å²) in [5.41, 5.74) is 1.36. The van der Waals surface area contributed by atoms with Crippen LogP contribution in [0.1, 0.15) is 18.4 Å². The molecule has 2 aliphatic heterocycles. The molecule has 3 nitrogen and oxygen atoms in total. The van der Waals surface area contributed by atoms with Gasteiger partial charge in [0.15, 0.2) is 0 Å². The van der Waals surface area contributed by atoms with Crippen LogP contribution in [0.3, 0.4) is 0 Å². The van der Waals surface area contributed by atoms with Crippen LogP contribution in [0.15, 0.2) is 24.5 Å². The highest BCUT2D eigenvalue weighted by Gasteiger charge is 2.32. The van der Waals surface area contributed by atoms with Crippen molar-refractivity contribution in [2.75, 3.05) is 26.2 Å². The summed E-state index contributed by atoms with van der Waals surface area (Å²) in [4.78, 5) is 6.80. The molecule has 0 amide bonds. The van der Waals surface area contributed by atoms with Gasteiger partial charge in [-0.15, -0.1) is 0 Å². The number of nitrogens with zero attached hydrogens (tertiary/aromatic N) is 2. The minimum atomic E-state index is 0.810.